The summed E-state index contributed by atoms with van der Waals surface area (Å²) in [5, 5.41) is 14.2. The van der Waals surface area contributed by atoms with Crippen molar-refractivity contribution in [3.63, 3.8) is 0 Å². The van der Waals surface area contributed by atoms with Gasteiger partial charge < -0.3 is 10.1 Å². The number of aryl methyl sites for hydroxylation is 2. The molecule has 2 aromatic heterocycles. The van der Waals surface area contributed by atoms with Gasteiger partial charge >= 0.3 is 0 Å². The van der Waals surface area contributed by atoms with Crippen LogP contribution in [0.15, 0.2) is 6.33 Å². The lowest BCUT2D eigenvalue weighted by atomic mass is 9.99. The highest BCUT2D eigenvalue weighted by molar-refractivity contribution is 5.94. The second kappa shape index (κ2) is 6.49. The average Bonchev–Trinajstić information content (AvgIpc) is 3.09. The van der Waals surface area contributed by atoms with Crippen LogP contribution in [0.3, 0.4) is 0 Å². The summed E-state index contributed by atoms with van der Waals surface area (Å²) in [7, 11) is 1.84. The number of hydrogen-bond donors (Lipinski definition) is 2. The van der Waals surface area contributed by atoms with Crippen LogP contribution < -0.4 is 5.32 Å². The normalized spacial score (nSPS) is 20.3. The molecule has 124 valence electrons. The van der Waals surface area contributed by atoms with Gasteiger partial charge in [0.2, 0.25) is 0 Å². The minimum atomic E-state index is -0.141. The largest absolute Gasteiger partial charge is 0.369 e. The minimum Gasteiger partial charge on any atom is -0.369 e. The maximum atomic E-state index is 12.3. The lowest BCUT2D eigenvalue weighted by Crippen LogP contribution is -2.28. The Morgan fingerprint density at radius 3 is 3.09 bits per heavy atom. The van der Waals surface area contributed by atoms with Gasteiger partial charge in [-0.15, -0.1) is 0 Å². The van der Waals surface area contributed by atoms with Crippen molar-refractivity contribution in [2.24, 2.45) is 7.05 Å². The van der Waals surface area contributed by atoms with Gasteiger partial charge in [0, 0.05) is 32.0 Å². The van der Waals surface area contributed by atoms with Crippen LogP contribution in [0.5, 0.6) is 0 Å². The monoisotopic (exact) mass is 318 g/mol. The number of aromatic amines is 1. The van der Waals surface area contributed by atoms with Gasteiger partial charge in [0.25, 0.3) is 5.91 Å². The summed E-state index contributed by atoms with van der Waals surface area (Å²) < 4.78 is 7.41. The molecule has 2 N–H and O–H groups in total. The van der Waals surface area contributed by atoms with E-state index in [0.717, 1.165) is 29.9 Å². The molecule has 0 radical (unpaired) electrons. The molecule has 2 atom stereocenters. The fraction of sp³-hybridized carbons (Fsp3) is 0.600. The Morgan fingerprint density at radius 2 is 2.35 bits per heavy atom. The molecule has 0 saturated carbocycles. The fourth-order valence-electron chi connectivity index (χ4n) is 2.89. The van der Waals surface area contributed by atoms with Crippen molar-refractivity contribution in [3.05, 3.63) is 29.1 Å². The van der Waals surface area contributed by atoms with E-state index in [2.05, 4.69) is 25.6 Å². The van der Waals surface area contributed by atoms with Gasteiger partial charge in [0.05, 0.1) is 17.9 Å². The van der Waals surface area contributed by atoms with Crippen molar-refractivity contribution in [1.29, 1.82) is 0 Å². The maximum absolute atomic E-state index is 12.3. The Labute approximate surface area is 134 Å². The number of hydrogen-bond acceptors (Lipinski definition) is 5. The van der Waals surface area contributed by atoms with Gasteiger partial charge in [-0.3, -0.25) is 14.6 Å². The highest BCUT2D eigenvalue weighted by Crippen LogP contribution is 2.29. The summed E-state index contributed by atoms with van der Waals surface area (Å²) in [6.07, 6.45) is 3.94. The molecule has 0 unspecified atom stereocenters. The SMILES string of the molecule is C[C@@H]1Cc2c(C(=O)NCCCc3ncn(C)n3)n[nH]c2[C@H](C)O1. The molecule has 0 bridgehead atoms. The molecule has 0 spiro atoms. The summed E-state index contributed by atoms with van der Waals surface area (Å²) in [6, 6.07) is 0. The molecule has 8 heteroatoms. The number of H-pyrrole nitrogens is 1. The topological polar surface area (TPSA) is 97.7 Å². The van der Waals surface area contributed by atoms with E-state index in [4.69, 9.17) is 4.74 Å². The van der Waals surface area contributed by atoms with Crippen LogP contribution in [0.4, 0.5) is 0 Å². The number of aromatic nitrogens is 5. The zero-order chi connectivity index (χ0) is 16.4. The Balaban J connectivity index is 1.55. The Morgan fingerprint density at radius 1 is 1.52 bits per heavy atom. The number of carbonyl (C=O) groups is 1. The lowest BCUT2D eigenvalue weighted by Gasteiger charge is -2.25. The number of fused-ring (bicyclic) bond motifs is 1. The zero-order valence-electron chi connectivity index (χ0n) is 13.7. The molecule has 1 aliphatic rings. The third-order valence-electron chi connectivity index (χ3n) is 3.96. The summed E-state index contributed by atoms with van der Waals surface area (Å²) in [5.41, 5.74) is 2.36. The molecule has 0 fully saturated rings. The van der Waals surface area contributed by atoms with Crippen LogP contribution in [-0.2, 0) is 24.6 Å². The molecule has 8 nitrogen and oxygen atoms in total. The van der Waals surface area contributed by atoms with Crippen molar-refractivity contribution in [3.8, 4) is 0 Å². The van der Waals surface area contributed by atoms with Crippen LogP contribution in [0.1, 0.15) is 53.9 Å². The van der Waals surface area contributed by atoms with E-state index in [9.17, 15) is 4.79 Å². The number of nitrogens with one attached hydrogen (secondary N) is 2. The van der Waals surface area contributed by atoms with Crippen LogP contribution in [0, 0.1) is 0 Å². The molecular formula is C15H22N6O2. The van der Waals surface area contributed by atoms with E-state index in [1.807, 2.05) is 20.9 Å². The first kappa shape index (κ1) is 15.7. The van der Waals surface area contributed by atoms with Crippen LogP contribution in [-0.4, -0.2) is 43.5 Å². The van der Waals surface area contributed by atoms with Gasteiger partial charge in [-0.05, 0) is 20.3 Å². The molecule has 1 amide bonds. The average molecular weight is 318 g/mol. The molecule has 0 aromatic carbocycles. The van der Waals surface area contributed by atoms with Crippen molar-refractivity contribution in [1.82, 2.24) is 30.3 Å². The Bertz CT molecular complexity index is 692. The van der Waals surface area contributed by atoms with E-state index < -0.39 is 0 Å². The van der Waals surface area contributed by atoms with E-state index in [1.165, 1.54) is 0 Å². The first-order valence-electron chi connectivity index (χ1n) is 7.90. The maximum Gasteiger partial charge on any atom is 0.272 e. The van der Waals surface area contributed by atoms with E-state index >= 15 is 0 Å². The molecular weight excluding hydrogens is 296 g/mol. The minimum absolute atomic E-state index is 0.0574. The highest BCUT2D eigenvalue weighted by Gasteiger charge is 2.29. The Hall–Kier alpha value is -2.22. The van der Waals surface area contributed by atoms with Gasteiger partial charge in [-0.25, -0.2) is 4.98 Å². The first-order chi connectivity index (χ1) is 11.0. The molecule has 23 heavy (non-hydrogen) atoms. The fourth-order valence-corrected chi connectivity index (χ4v) is 2.89. The quantitative estimate of drug-likeness (QED) is 0.799. The van der Waals surface area contributed by atoms with Gasteiger partial charge in [0.1, 0.15) is 6.33 Å². The van der Waals surface area contributed by atoms with Crippen molar-refractivity contribution < 1.29 is 9.53 Å². The number of nitrogens with zero attached hydrogens (tertiary/aromatic N) is 4. The first-order valence-corrected chi connectivity index (χ1v) is 7.90. The van der Waals surface area contributed by atoms with Gasteiger partial charge in [-0.1, -0.05) is 0 Å². The smallest absolute Gasteiger partial charge is 0.272 e. The van der Waals surface area contributed by atoms with Crippen LogP contribution >= 0.6 is 0 Å². The number of rotatable bonds is 5. The van der Waals surface area contributed by atoms with E-state index in [0.29, 0.717) is 18.7 Å². The Kier molecular flexibility index (Phi) is 4.42. The summed E-state index contributed by atoms with van der Waals surface area (Å²) in [6.45, 7) is 4.54. The second-order valence-electron chi connectivity index (χ2n) is 5.95. The third kappa shape index (κ3) is 3.42. The molecule has 3 heterocycles. The lowest BCUT2D eigenvalue weighted by molar-refractivity contribution is -0.00697. The summed E-state index contributed by atoms with van der Waals surface area (Å²) in [5.74, 6) is 0.650. The highest BCUT2D eigenvalue weighted by atomic mass is 16.5. The molecule has 0 aliphatic carbocycles. The molecule has 3 rings (SSSR count). The van der Waals surface area contributed by atoms with E-state index in [-0.39, 0.29) is 18.1 Å². The predicted octanol–water partition coefficient (Wildman–Crippen LogP) is 0.923. The van der Waals surface area contributed by atoms with Crippen molar-refractivity contribution in [2.45, 2.75) is 45.3 Å². The van der Waals surface area contributed by atoms with Crippen molar-refractivity contribution >= 4 is 5.91 Å². The molecule has 1 aliphatic heterocycles. The van der Waals surface area contributed by atoms with E-state index in [1.54, 1.807) is 11.0 Å². The van der Waals surface area contributed by atoms with Crippen LogP contribution in [0.25, 0.3) is 0 Å². The molecule has 0 saturated heterocycles. The summed E-state index contributed by atoms with van der Waals surface area (Å²) in [4.78, 5) is 16.5. The summed E-state index contributed by atoms with van der Waals surface area (Å²) >= 11 is 0. The molecule has 2 aromatic rings. The zero-order valence-corrected chi connectivity index (χ0v) is 13.7. The number of amides is 1. The van der Waals surface area contributed by atoms with Gasteiger partial charge in [0.15, 0.2) is 11.5 Å². The van der Waals surface area contributed by atoms with Crippen molar-refractivity contribution in [2.75, 3.05) is 6.54 Å². The number of ether oxygens (including phenoxy) is 1. The van der Waals surface area contributed by atoms with Gasteiger partial charge in [-0.2, -0.15) is 10.2 Å². The van der Waals surface area contributed by atoms with Crippen LogP contribution in [0.2, 0.25) is 0 Å². The predicted molar refractivity (Wildman–Crippen MR) is 82.9 cm³/mol. The second-order valence-corrected chi connectivity index (χ2v) is 5.95. The number of carbonyl (C=O) groups excluding carboxylic acids is 1. The standard InChI is InChI=1S/C15H22N6O2/c1-9-7-11-13(10(2)23-9)18-19-14(11)15(22)16-6-4-5-12-17-8-21(3)20-12/h8-10H,4-7H2,1-3H3,(H,16,22)(H,18,19)/t9-,10+/m1/s1. The third-order valence-corrected chi connectivity index (χ3v) is 3.96.